The van der Waals surface area contributed by atoms with Crippen molar-refractivity contribution >= 4 is 44.3 Å². The van der Waals surface area contributed by atoms with Gasteiger partial charge in [-0.3, -0.25) is 19.9 Å². The fraction of sp³-hybridized carbons (Fsp3) is 0.348. The molecule has 0 saturated heterocycles. The zero-order valence-electron chi connectivity index (χ0n) is 58.8. The number of hydrogen-bond acceptors (Lipinski definition) is 11. The van der Waals surface area contributed by atoms with Crippen LogP contribution < -0.4 is 26.0 Å². The van der Waals surface area contributed by atoms with Gasteiger partial charge in [-0.15, -0.1) is 0 Å². The molecule has 2 saturated carbocycles. The number of rotatable bonds is 0. The van der Waals surface area contributed by atoms with E-state index in [0.29, 0.717) is 0 Å². The summed E-state index contributed by atoms with van der Waals surface area (Å²) in [6, 6.07) is 71.2. The summed E-state index contributed by atoms with van der Waals surface area (Å²) in [6.07, 6.45) is 40.4. The fourth-order valence-corrected chi connectivity index (χ4v) is 14.4. The van der Waals surface area contributed by atoms with Crippen LogP contribution in [-0.2, 0) is 57.9 Å². The number of nitrogens with one attached hydrogen (secondary N) is 4. The summed E-state index contributed by atoms with van der Waals surface area (Å²) >= 11 is 0. The minimum Gasteiger partial charge on any atom is -0.493 e. The predicted molar refractivity (Wildman–Crippen MR) is 417 cm³/mol. The number of anilines is 3. The van der Waals surface area contributed by atoms with Gasteiger partial charge in [0.2, 0.25) is 0 Å². The highest BCUT2D eigenvalue weighted by atomic mass is 16.5. The molecule has 4 aliphatic carbocycles. The molecule has 100 heavy (non-hydrogen) atoms. The minimum absolute atomic E-state index is 0.844. The molecule has 8 aromatic carbocycles. The summed E-state index contributed by atoms with van der Waals surface area (Å²) in [5.74, 6) is 3.39. The second-order valence-electron chi connectivity index (χ2n) is 26.9. The third-order valence-corrected chi connectivity index (χ3v) is 19.9. The van der Waals surface area contributed by atoms with Crippen LogP contribution in [0.4, 0.5) is 22.7 Å². The van der Waals surface area contributed by atoms with Crippen molar-refractivity contribution < 1.29 is 4.74 Å². The van der Waals surface area contributed by atoms with Crippen LogP contribution in [0.15, 0.2) is 254 Å². The SMILES string of the molecule is C1CCC2CCCCC2C1.c1cc2cnccc2cn1.c1ccc2c(c1)CCCC2.c1ccc2c(c1)CCCN2.c1ccc2c(c1)CCCO2.c1ccc2c(c1)CCN=N2.c1ccc2c(c1)CCNC2.c1ccc2c(c1)NCCN2.c1ccc2ccccc2c1.c1cnc2c(n1)CCCC2. The van der Waals surface area contributed by atoms with E-state index in [1.807, 2.05) is 67.0 Å². The Morgan fingerprint density at radius 3 is 1.32 bits per heavy atom. The lowest BCUT2D eigenvalue weighted by Gasteiger charge is -2.35. The van der Waals surface area contributed by atoms with Gasteiger partial charge in [-0.2, -0.15) is 10.2 Å². The molecular weight excluding hydrogens is 1230 g/mol. The fourth-order valence-electron chi connectivity index (χ4n) is 14.4. The molecule has 4 N–H and O–H groups in total. The number of hydrogen-bond donors (Lipinski definition) is 4. The van der Waals surface area contributed by atoms with Crippen molar-refractivity contribution in [3.8, 4) is 5.75 Å². The molecule has 0 bridgehead atoms. The van der Waals surface area contributed by atoms with Gasteiger partial charge >= 0.3 is 0 Å². The van der Waals surface area contributed by atoms with Crippen LogP contribution in [-0.4, -0.2) is 59.3 Å². The van der Waals surface area contributed by atoms with Crippen LogP contribution in [0, 0.1) is 11.8 Å². The Kier molecular flexibility index (Phi) is 29.5. The zero-order chi connectivity index (χ0) is 68.1. The normalized spacial score (nSPS) is 17.1. The maximum Gasteiger partial charge on any atom is 0.122 e. The van der Waals surface area contributed by atoms with Crippen LogP contribution in [0.1, 0.15) is 140 Å². The first-order valence-corrected chi connectivity index (χ1v) is 37.4. The van der Waals surface area contributed by atoms with Crippen LogP contribution >= 0.6 is 0 Å². The van der Waals surface area contributed by atoms with E-state index in [0.717, 1.165) is 106 Å². The highest BCUT2D eigenvalue weighted by molar-refractivity contribution is 5.82. The lowest BCUT2D eigenvalue weighted by molar-refractivity contribution is 0.171. The number of aromatic nitrogens is 4. The number of nitrogens with zero attached hydrogens (tertiary/aromatic N) is 6. The molecule has 11 aromatic rings. The number of fused-ring (bicyclic) bond motifs is 10. The number of para-hydroxylation sites is 4. The lowest BCUT2D eigenvalue weighted by atomic mass is 9.71. The maximum atomic E-state index is 5.42. The maximum absolute atomic E-state index is 5.42. The Hall–Kier alpha value is -9.58. The van der Waals surface area contributed by atoms with Gasteiger partial charge in [0.25, 0.3) is 0 Å². The van der Waals surface area contributed by atoms with E-state index in [1.165, 1.54) is 157 Å². The summed E-state index contributed by atoms with van der Waals surface area (Å²) in [4.78, 5) is 16.5. The van der Waals surface area contributed by atoms with Gasteiger partial charge in [0.1, 0.15) is 5.75 Å². The van der Waals surface area contributed by atoms with Gasteiger partial charge in [0.15, 0.2) is 0 Å². The second-order valence-corrected chi connectivity index (χ2v) is 26.9. The highest BCUT2D eigenvalue weighted by Crippen LogP contribution is 2.40. The van der Waals surface area contributed by atoms with Crippen molar-refractivity contribution in [3.63, 3.8) is 0 Å². The van der Waals surface area contributed by atoms with Gasteiger partial charge in [0.05, 0.1) is 41.6 Å². The molecule has 2 fully saturated rings. The molecule has 20 rings (SSSR count). The lowest BCUT2D eigenvalue weighted by Crippen LogP contribution is -2.23. The Bertz CT molecular complexity index is 3430. The number of aryl methyl sites for hydroxylation is 6. The molecule has 0 spiro atoms. The molecule has 0 radical (unpaired) electrons. The smallest absolute Gasteiger partial charge is 0.122 e. The van der Waals surface area contributed by atoms with Gasteiger partial charge in [-0.05, 0) is 200 Å². The molecule has 5 aliphatic heterocycles. The predicted octanol–water partition coefficient (Wildman–Crippen LogP) is 21.0. The van der Waals surface area contributed by atoms with E-state index >= 15 is 0 Å². The minimum atomic E-state index is 0.844. The van der Waals surface area contributed by atoms with E-state index < -0.39 is 0 Å². The number of azo groups is 1. The van der Waals surface area contributed by atoms with E-state index in [9.17, 15) is 0 Å². The summed E-state index contributed by atoms with van der Waals surface area (Å²) in [7, 11) is 0. The standard InChI is InChI=1S/C10H18.C10H12.C10H8.2C9H11N.C9H10O.C8H6N2.2C8H10N2.C8H8N2/c3*1-2-6-10-8-4-3-7-9(10)5-1;1-2-6-9-8(4-1)5-3-7-10-9;1-2-4-9-7-10-6-5-8(9)3-1;1-2-6-9-8(4-1)5-3-7-10-9;1-3-9-6-8-2-4-10-5-7(1)8;2*1-2-4-8-7(3-1)9-5-6-10-8;1-2-4-8-7(3-1)5-6-9-10-8/h9-10H,1-8H2;1-2,5-6H,3-4,7-8H2;1-8H;1-2,4,6,10H,3,5,7H2;1-4,10H,5-7H2;1-2,4,6H,3,5,7H2;1-6H;5-6H,1-4H2;1-4,9-10H,5-6H2;1-4H,5-6H2. The zero-order valence-corrected chi connectivity index (χ0v) is 58.8. The first-order chi connectivity index (χ1) is 49.7. The van der Waals surface area contributed by atoms with Crippen molar-refractivity contribution in [2.45, 2.75) is 148 Å². The third kappa shape index (κ3) is 23.3. The van der Waals surface area contributed by atoms with E-state index in [4.69, 9.17) is 4.74 Å². The van der Waals surface area contributed by atoms with Gasteiger partial charge in [-0.1, -0.05) is 215 Å². The summed E-state index contributed by atoms with van der Waals surface area (Å²) in [5, 5.41) is 26.2. The van der Waals surface area contributed by atoms with Gasteiger partial charge in [0, 0.05) is 79.8 Å². The molecule has 0 amide bonds. The number of ether oxygens (including phenoxy) is 1. The molecule has 11 heteroatoms. The Morgan fingerprint density at radius 2 is 0.770 bits per heavy atom. The van der Waals surface area contributed by atoms with Crippen molar-refractivity contribution in [3.05, 3.63) is 294 Å². The monoisotopic (exact) mass is 1330 g/mol. The van der Waals surface area contributed by atoms with Crippen molar-refractivity contribution in [1.82, 2.24) is 25.3 Å². The first-order valence-electron chi connectivity index (χ1n) is 37.4. The third-order valence-electron chi connectivity index (χ3n) is 19.9. The quantitative estimate of drug-likeness (QED) is 0.117. The Balaban J connectivity index is 0.000000112. The molecule has 11 nitrogen and oxygen atoms in total. The topological polar surface area (TPSA) is 134 Å². The average molecular weight is 1330 g/mol. The number of benzene rings is 8. The summed E-state index contributed by atoms with van der Waals surface area (Å²) in [5.41, 5.74) is 17.5. The Morgan fingerprint density at radius 1 is 0.320 bits per heavy atom. The van der Waals surface area contributed by atoms with Gasteiger partial charge < -0.3 is 26.0 Å². The first kappa shape index (κ1) is 71.7. The van der Waals surface area contributed by atoms with E-state index in [-0.39, 0.29) is 0 Å². The average Bonchev–Trinajstić information content (AvgIpc) is 3.08. The summed E-state index contributed by atoms with van der Waals surface area (Å²) in [6.45, 7) is 7.10. The molecule has 516 valence electrons. The van der Waals surface area contributed by atoms with Crippen LogP contribution in [0.25, 0.3) is 21.5 Å². The molecule has 0 atom stereocenters. The number of pyridine rings is 2. The van der Waals surface area contributed by atoms with Crippen molar-refractivity contribution in [2.75, 3.05) is 55.3 Å². The van der Waals surface area contributed by atoms with E-state index in [1.54, 1.807) is 61.6 Å². The second kappa shape index (κ2) is 41.1. The van der Waals surface area contributed by atoms with Crippen LogP contribution in [0.3, 0.4) is 0 Å². The summed E-state index contributed by atoms with van der Waals surface area (Å²) < 4.78 is 5.42. The Labute approximate surface area is 595 Å². The molecule has 3 aromatic heterocycles. The van der Waals surface area contributed by atoms with Crippen LogP contribution in [0.5, 0.6) is 5.75 Å². The highest BCUT2D eigenvalue weighted by Gasteiger charge is 2.27. The largest absolute Gasteiger partial charge is 0.493 e. The van der Waals surface area contributed by atoms with Crippen LogP contribution in [0.2, 0.25) is 0 Å². The van der Waals surface area contributed by atoms with Crippen molar-refractivity contribution in [2.24, 2.45) is 22.1 Å². The molecular formula is C89H104N10O. The van der Waals surface area contributed by atoms with E-state index in [2.05, 4.69) is 203 Å². The molecule has 0 unspecified atom stereocenters. The van der Waals surface area contributed by atoms with Gasteiger partial charge in [-0.25, -0.2) is 0 Å². The molecule has 8 heterocycles. The van der Waals surface area contributed by atoms with Crippen molar-refractivity contribution in [1.29, 1.82) is 0 Å². The molecule has 9 aliphatic rings.